The Morgan fingerprint density at radius 3 is 2.50 bits per heavy atom. The van der Waals surface area contributed by atoms with Crippen LogP contribution in [0.15, 0.2) is 29.4 Å². The van der Waals surface area contributed by atoms with Crippen LogP contribution in [0.5, 0.6) is 0 Å². The molecule has 0 amide bonds. The third-order valence-electron chi connectivity index (χ3n) is 2.10. The molecule has 0 aliphatic carbocycles. The van der Waals surface area contributed by atoms with E-state index in [1.165, 1.54) is 24.3 Å². The molecule has 0 atom stereocenters. The van der Waals surface area contributed by atoms with Gasteiger partial charge < -0.3 is 19.7 Å². The molecule has 0 aliphatic heterocycles. The lowest BCUT2D eigenvalue weighted by Crippen LogP contribution is -2.18. The molecule has 0 fully saturated rings. The molecule has 0 saturated carbocycles. The van der Waals surface area contributed by atoms with Crippen LogP contribution in [0, 0.1) is 10.1 Å². The van der Waals surface area contributed by atoms with Gasteiger partial charge in [0.25, 0.3) is 11.1 Å². The van der Waals surface area contributed by atoms with E-state index in [1.807, 2.05) is 0 Å². The average Bonchev–Trinajstić information content (AvgIpc) is 2.35. The second kappa shape index (κ2) is 6.24. The molecule has 108 valence electrons. The summed E-state index contributed by atoms with van der Waals surface area (Å²) in [6.45, 7) is -0.602. The summed E-state index contributed by atoms with van der Waals surface area (Å²) >= 11 is 0. The highest BCUT2D eigenvalue weighted by atomic mass is 31.2. The molecule has 0 aliphatic rings. The van der Waals surface area contributed by atoms with Crippen molar-refractivity contribution in [2.45, 2.75) is 6.61 Å². The van der Waals surface area contributed by atoms with Crippen molar-refractivity contribution in [1.82, 2.24) is 0 Å². The zero-order valence-electron chi connectivity index (χ0n) is 9.74. The predicted molar refractivity (Wildman–Crippen MR) is 64.2 cm³/mol. The fourth-order valence-electron chi connectivity index (χ4n) is 1.24. The van der Waals surface area contributed by atoms with E-state index in [4.69, 9.17) is 15.0 Å². The number of rotatable bonds is 5. The van der Waals surface area contributed by atoms with Crippen LogP contribution in [0.4, 0.5) is 5.69 Å². The van der Waals surface area contributed by atoms with Gasteiger partial charge in [0.1, 0.15) is 6.61 Å². The number of ether oxygens (including phenoxy) is 1. The van der Waals surface area contributed by atoms with Crippen molar-refractivity contribution in [3.63, 3.8) is 0 Å². The summed E-state index contributed by atoms with van der Waals surface area (Å²) in [6.07, 6.45) is 0. The van der Waals surface area contributed by atoms with E-state index >= 15 is 0 Å². The van der Waals surface area contributed by atoms with Gasteiger partial charge in [0, 0.05) is 6.07 Å². The van der Waals surface area contributed by atoms with Gasteiger partial charge in [0.2, 0.25) is 0 Å². The molecule has 0 spiro atoms. The number of benzene rings is 1. The summed E-state index contributed by atoms with van der Waals surface area (Å²) in [7, 11) is -5.09. The van der Waals surface area contributed by atoms with Gasteiger partial charge in [-0.25, -0.2) is 4.79 Å². The SMILES string of the molecule is O=C(OCc1ccccc1[N+](=O)[O-])/C(=N\O)P(=O)(O)O. The molecular weight excluding hydrogens is 295 g/mol. The Morgan fingerprint density at radius 2 is 2.00 bits per heavy atom. The molecule has 1 aromatic rings. The highest BCUT2D eigenvalue weighted by Gasteiger charge is 2.33. The molecule has 0 radical (unpaired) electrons. The van der Waals surface area contributed by atoms with Gasteiger partial charge in [-0.15, -0.1) is 0 Å². The van der Waals surface area contributed by atoms with Gasteiger partial charge in [-0.05, 0) is 6.07 Å². The van der Waals surface area contributed by atoms with E-state index < -0.39 is 30.5 Å². The van der Waals surface area contributed by atoms with Crippen LogP contribution in [0.3, 0.4) is 0 Å². The van der Waals surface area contributed by atoms with Crippen molar-refractivity contribution in [2.75, 3.05) is 0 Å². The number of hydrogen-bond acceptors (Lipinski definition) is 7. The summed E-state index contributed by atoms with van der Waals surface area (Å²) in [5, 5.41) is 21.2. The van der Waals surface area contributed by atoms with Crippen molar-refractivity contribution >= 4 is 24.7 Å². The van der Waals surface area contributed by atoms with Crippen LogP contribution in [-0.4, -0.2) is 31.3 Å². The smallest absolute Gasteiger partial charge is 0.385 e. The molecule has 0 aromatic heterocycles. The summed E-state index contributed by atoms with van der Waals surface area (Å²) in [6, 6.07) is 5.34. The van der Waals surface area contributed by atoms with Crippen LogP contribution < -0.4 is 0 Å². The van der Waals surface area contributed by atoms with Crippen LogP contribution in [0.1, 0.15) is 5.56 Å². The maximum Gasteiger partial charge on any atom is 0.385 e. The number of hydrogen-bond donors (Lipinski definition) is 3. The highest BCUT2D eigenvalue weighted by Crippen LogP contribution is 2.37. The van der Waals surface area contributed by atoms with E-state index in [1.54, 1.807) is 0 Å². The number of carbonyl (C=O) groups excluding carboxylic acids is 1. The van der Waals surface area contributed by atoms with Crippen LogP contribution in [0.25, 0.3) is 0 Å². The summed E-state index contributed by atoms with van der Waals surface area (Å²) < 4.78 is 15.3. The van der Waals surface area contributed by atoms with Gasteiger partial charge in [-0.3, -0.25) is 14.7 Å². The first-order chi connectivity index (χ1) is 9.27. The largest absolute Gasteiger partial charge is 0.455 e. The summed E-state index contributed by atoms with van der Waals surface area (Å²) in [4.78, 5) is 38.7. The summed E-state index contributed by atoms with van der Waals surface area (Å²) in [5.41, 5.74) is -1.77. The summed E-state index contributed by atoms with van der Waals surface area (Å²) in [5.74, 6) is -1.57. The zero-order valence-corrected chi connectivity index (χ0v) is 10.6. The molecule has 10 nitrogen and oxygen atoms in total. The number of para-hydroxylation sites is 1. The quantitative estimate of drug-likeness (QED) is 0.178. The molecule has 0 bridgehead atoms. The fourth-order valence-corrected chi connectivity index (χ4v) is 1.66. The third-order valence-corrected chi connectivity index (χ3v) is 2.92. The first-order valence-corrected chi connectivity index (χ1v) is 6.56. The first-order valence-electron chi connectivity index (χ1n) is 4.95. The van der Waals surface area contributed by atoms with E-state index in [0.29, 0.717) is 0 Å². The van der Waals surface area contributed by atoms with Crippen molar-refractivity contribution < 1.29 is 34.0 Å². The number of nitro groups is 1. The van der Waals surface area contributed by atoms with Gasteiger partial charge in [-0.2, -0.15) is 0 Å². The van der Waals surface area contributed by atoms with Gasteiger partial charge in [0.05, 0.1) is 10.5 Å². The normalized spacial score (nSPS) is 12.0. The van der Waals surface area contributed by atoms with E-state index in [0.717, 1.165) is 0 Å². The lowest BCUT2D eigenvalue weighted by atomic mass is 10.2. The highest BCUT2D eigenvalue weighted by molar-refractivity contribution is 7.73. The third kappa shape index (κ3) is 3.85. The second-order valence-electron chi connectivity index (χ2n) is 3.43. The van der Waals surface area contributed by atoms with E-state index in [-0.39, 0.29) is 11.3 Å². The minimum atomic E-state index is -5.09. The molecule has 20 heavy (non-hydrogen) atoms. The number of oxime groups is 1. The topological polar surface area (TPSA) is 160 Å². The molecule has 0 saturated heterocycles. The number of nitrogens with zero attached hydrogens (tertiary/aromatic N) is 2. The lowest BCUT2D eigenvalue weighted by molar-refractivity contribution is -0.385. The van der Waals surface area contributed by atoms with Crippen LogP contribution in [-0.2, 0) is 20.7 Å². The fraction of sp³-hybridized carbons (Fsp3) is 0.111. The Balaban J connectivity index is 2.86. The Hall–Kier alpha value is -2.29. The molecular formula is C9H9N2O8P. The minimum absolute atomic E-state index is 0.0221. The standard InChI is InChI=1S/C9H9N2O8P/c12-9(8(10-13)20(16,17)18)19-5-6-3-1-2-4-7(6)11(14)15/h1-4,13H,5H2,(H2,16,17,18)/b10-8+. The molecule has 3 N–H and O–H groups in total. The molecule has 0 unspecified atom stereocenters. The van der Waals surface area contributed by atoms with E-state index in [9.17, 15) is 19.5 Å². The Labute approximate surface area is 111 Å². The monoisotopic (exact) mass is 304 g/mol. The van der Waals surface area contributed by atoms with Crippen LogP contribution >= 0.6 is 7.60 Å². The number of nitro benzene ring substituents is 1. The van der Waals surface area contributed by atoms with Crippen LogP contribution in [0.2, 0.25) is 0 Å². The number of esters is 1. The average molecular weight is 304 g/mol. The van der Waals surface area contributed by atoms with Gasteiger partial charge in [0.15, 0.2) is 0 Å². The maximum absolute atomic E-state index is 11.3. The number of carbonyl (C=O) groups is 1. The Bertz CT molecular complexity index is 608. The van der Waals surface area contributed by atoms with Crippen molar-refractivity contribution in [2.24, 2.45) is 5.16 Å². The van der Waals surface area contributed by atoms with Crippen molar-refractivity contribution in [3.05, 3.63) is 39.9 Å². The maximum atomic E-state index is 11.3. The van der Waals surface area contributed by atoms with Gasteiger partial charge in [-0.1, -0.05) is 17.3 Å². The minimum Gasteiger partial charge on any atom is -0.455 e. The molecule has 0 heterocycles. The van der Waals surface area contributed by atoms with E-state index in [2.05, 4.69) is 9.89 Å². The first kappa shape index (κ1) is 15.8. The molecule has 1 aromatic carbocycles. The molecule has 1 rings (SSSR count). The second-order valence-corrected chi connectivity index (χ2v) is 4.94. The zero-order chi connectivity index (χ0) is 15.3. The molecule has 11 heteroatoms. The Kier molecular flexibility index (Phi) is 4.92. The lowest BCUT2D eigenvalue weighted by Gasteiger charge is -2.07. The Morgan fingerprint density at radius 1 is 1.40 bits per heavy atom. The predicted octanol–water partition coefficient (Wildman–Crippen LogP) is 0.603. The van der Waals surface area contributed by atoms with Crippen molar-refractivity contribution in [3.8, 4) is 0 Å². The van der Waals surface area contributed by atoms with Crippen molar-refractivity contribution in [1.29, 1.82) is 0 Å². The van der Waals surface area contributed by atoms with Gasteiger partial charge >= 0.3 is 13.6 Å².